The molecule has 0 unspecified atom stereocenters. The summed E-state index contributed by atoms with van der Waals surface area (Å²) in [5.41, 5.74) is -2.80. The first-order valence-corrected chi connectivity index (χ1v) is 13.5. The van der Waals surface area contributed by atoms with Crippen molar-refractivity contribution in [3.8, 4) is 0 Å². The van der Waals surface area contributed by atoms with E-state index in [9.17, 15) is 30.3 Å². The molecule has 0 saturated heterocycles. The van der Waals surface area contributed by atoms with E-state index in [-0.39, 0.29) is 36.1 Å². The van der Waals surface area contributed by atoms with E-state index in [1.165, 1.54) is 0 Å². The van der Waals surface area contributed by atoms with Crippen LogP contribution in [0.5, 0.6) is 0 Å². The molecule has 2 fully saturated rings. The van der Waals surface area contributed by atoms with Crippen molar-refractivity contribution in [1.29, 1.82) is 0 Å². The molecule has 6 heteroatoms. The zero-order valence-electron chi connectivity index (χ0n) is 22.3. The van der Waals surface area contributed by atoms with Gasteiger partial charge in [-0.25, -0.2) is 0 Å². The number of Topliss-reactive ketones (excluding diaryl/α,β-unsaturated/α-hetero) is 1. The fraction of sp³-hybridized carbons (Fsp3) is 0.828. The van der Waals surface area contributed by atoms with E-state index in [1.54, 1.807) is 12.2 Å². The molecule has 0 aromatic rings. The second kappa shape index (κ2) is 10.0. The quantitative estimate of drug-likeness (QED) is 0.314. The Morgan fingerprint density at radius 2 is 1.83 bits per heavy atom. The number of allylic oxidation sites excluding steroid dienone is 1. The standard InChI is InChI=1S/C29H48O6/c1-7-29(35,18(2)3)13-12-28(6,34)24-9-8-21(26(24,4)14-15-30)20-17-23(32)22-16-19(31)10-11-27(22,5)25(20)33/h7,17-19,21-24,30-32,34-35H,1,8-16H2,2-6H3/t19-,21-,22+,23-,24-,26-,27-,28-,29+/m0/s1. The monoisotopic (exact) mass is 492 g/mol. The highest BCUT2D eigenvalue weighted by Crippen LogP contribution is 2.60. The van der Waals surface area contributed by atoms with Crippen LogP contribution in [0.4, 0.5) is 0 Å². The average Bonchev–Trinajstić information content (AvgIpc) is 3.13. The summed E-state index contributed by atoms with van der Waals surface area (Å²) >= 11 is 0. The van der Waals surface area contributed by atoms with E-state index in [1.807, 2.05) is 27.7 Å². The molecule has 35 heavy (non-hydrogen) atoms. The number of carbonyl (C=O) groups excluding carboxylic acids is 1. The first kappa shape index (κ1) is 28.5. The fourth-order valence-electron chi connectivity index (χ4n) is 7.71. The third kappa shape index (κ3) is 4.94. The minimum absolute atomic E-state index is 0.0369. The number of carbonyl (C=O) groups is 1. The minimum atomic E-state index is -1.11. The zero-order chi connectivity index (χ0) is 26.4. The lowest BCUT2D eigenvalue weighted by Crippen LogP contribution is -2.52. The van der Waals surface area contributed by atoms with Gasteiger partial charge in [0.05, 0.1) is 23.4 Å². The van der Waals surface area contributed by atoms with Crippen LogP contribution >= 0.6 is 0 Å². The molecule has 3 aliphatic carbocycles. The Morgan fingerprint density at radius 1 is 1.17 bits per heavy atom. The first-order valence-electron chi connectivity index (χ1n) is 13.5. The molecule has 0 radical (unpaired) electrons. The number of aliphatic hydroxyl groups excluding tert-OH is 3. The van der Waals surface area contributed by atoms with Crippen molar-refractivity contribution in [2.24, 2.45) is 34.5 Å². The molecule has 2 saturated carbocycles. The van der Waals surface area contributed by atoms with Crippen molar-refractivity contribution in [3.63, 3.8) is 0 Å². The van der Waals surface area contributed by atoms with Gasteiger partial charge in [-0.1, -0.05) is 33.8 Å². The van der Waals surface area contributed by atoms with Crippen LogP contribution in [-0.4, -0.2) is 61.3 Å². The lowest BCUT2D eigenvalue weighted by molar-refractivity contribution is -0.139. The van der Waals surface area contributed by atoms with E-state index >= 15 is 0 Å². The molecule has 9 atom stereocenters. The Labute approximate surface area is 211 Å². The van der Waals surface area contributed by atoms with E-state index < -0.39 is 34.2 Å². The molecule has 3 aliphatic rings. The predicted octanol–water partition coefficient (Wildman–Crippen LogP) is 3.54. The summed E-state index contributed by atoms with van der Waals surface area (Å²) in [4.78, 5) is 13.9. The third-order valence-electron chi connectivity index (χ3n) is 10.4. The van der Waals surface area contributed by atoms with Gasteiger partial charge in [0.2, 0.25) is 0 Å². The average molecular weight is 493 g/mol. The van der Waals surface area contributed by atoms with Gasteiger partial charge < -0.3 is 25.5 Å². The topological polar surface area (TPSA) is 118 Å². The summed E-state index contributed by atoms with van der Waals surface area (Å²) in [6, 6.07) is 0. The molecule has 0 aromatic heterocycles. The van der Waals surface area contributed by atoms with Gasteiger partial charge in [0.1, 0.15) is 0 Å². The third-order valence-corrected chi connectivity index (χ3v) is 10.4. The van der Waals surface area contributed by atoms with Gasteiger partial charge in [0, 0.05) is 17.9 Å². The lowest BCUT2D eigenvalue weighted by Gasteiger charge is -2.50. The van der Waals surface area contributed by atoms with Crippen molar-refractivity contribution in [2.75, 3.05) is 6.61 Å². The van der Waals surface area contributed by atoms with Crippen molar-refractivity contribution in [3.05, 3.63) is 24.3 Å². The second-order valence-corrected chi connectivity index (χ2v) is 12.8. The van der Waals surface area contributed by atoms with Crippen LogP contribution < -0.4 is 0 Å². The van der Waals surface area contributed by atoms with Crippen LogP contribution in [0, 0.1) is 34.5 Å². The number of hydrogen-bond acceptors (Lipinski definition) is 6. The van der Waals surface area contributed by atoms with Gasteiger partial charge in [-0.05, 0) is 93.1 Å². The van der Waals surface area contributed by atoms with Gasteiger partial charge in [0.25, 0.3) is 0 Å². The maximum Gasteiger partial charge on any atom is 0.165 e. The Balaban J connectivity index is 1.92. The summed E-state index contributed by atoms with van der Waals surface area (Å²) in [5.74, 6) is -0.640. The van der Waals surface area contributed by atoms with E-state index in [0.717, 1.165) is 0 Å². The Morgan fingerprint density at radius 3 is 2.40 bits per heavy atom. The van der Waals surface area contributed by atoms with Crippen molar-refractivity contribution in [2.45, 2.75) is 109 Å². The summed E-state index contributed by atoms with van der Waals surface area (Å²) in [6.45, 7) is 13.4. The van der Waals surface area contributed by atoms with E-state index in [2.05, 4.69) is 13.5 Å². The molecule has 200 valence electrons. The zero-order valence-corrected chi connectivity index (χ0v) is 22.3. The highest BCUT2D eigenvalue weighted by molar-refractivity contribution is 6.01. The summed E-state index contributed by atoms with van der Waals surface area (Å²) in [6.07, 6.45) is 6.08. The molecule has 3 rings (SSSR count). The first-order chi connectivity index (χ1) is 16.2. The second-order valence-electron chi connectivity index (χ2n) is 12.8. The molecular weight excluding hydrogens is 444 g/mol. The molecule has 0 heterocycles. The van der Waals surface area contributed by atoms with Crippen molar-refractivity contribution < 1.29 is 30.3 Å². The highest BCUT2D eigenvalue weighted by Gasteiger charge is 2.58. The fourth-order valence-corrected chi connectivity index (χ4v) is 7.71. The minimum Gasteiger partial charge on any atom is -0.396 e. The SMILES string of the molecule is C=C[C@@](O)(CC[C@](C)(O)[C@H]1CC[C@@H](C2=C[C@H](O)[C@H]3C[C@@H](O)CC[C@]3(C)C2=O)[C@]1(C)CCO)C(C)C. The van der Waals surface area contributed by atoms with Gasteiger partial charge in [-0.15, -0.1) is 6.58 Å². The molecule has 0 aromatic carbocycles. The van der Waals surface area contributed by atoms with Crippen LogP contribution in [0.25, 0.3) is 0 Å². The lowest BCUT2D eigenvalue weighted by atomic mass is 9.55. The van der Waals surface area contributed by atoms with Gasteiger partial charge >= 0.3 is 0 Å². The number of aliphatic hydroxyl groups is 5. The smallest absolute Gasteiger partial charge is 0.165 e. The molecule has 0 aliphatic heterocycles. The maximum atomic E-state index is 13.9. The van der Waals surface area contributed by atoms with Crippen LogP contribution in [0.1, 0.15) is 86.0 Å². The molecule has 5 N–H and O–H groups in total. The molecule has 6 nitrogen and oxygen atoms in total. The van der Waals surface area contributed by atoms with Gasteiger partial charge in [-0.2, -0.15) is 0 Å². The molecule has 0 bridgehead atoms. The maximum absolute atomic E-state index is 13.9. The van der Waals surface area contributed by atoms with Crippen LogP contribution in [0.2, 0.25) is 0 Å². The van der Waals surface area contributed by atoms with Crippen molar-refractivity contribution >= 4 is 5.78 Å². The number of ketones is 1. The summed E-state index contributed by atoms with van der Waals surface area (Å²) in [5, 5.41) is 53.9. The van der Waals surface area contributed by atoms with Crippen LogP contribution in [-0.2, 0) is 4.79 Å². The molecule has 0 amide bonds. The highest BCUT2D eigenvalue weighted by atomic mass is 16.3. The Bertz CT molecular complexity index is 833. The number of hydrogen-bond donors (Lipinski definition) is 5. The van der Waals surface area contributed by atoms with E-state index in [0.29, 0.717) is 56.9 Å². The predicted molar refractivity (Wildman–Crippen MR) is 136 cm³/mol. The molecule has 0 spiro atoms. The van der Waals surface area contributed by atoms with E-state index in [4.69, 9.17) is 0 Å². The van der Waals surface area contributed by atoms with Gasteiger partial charge in [-0.3, -0.25) is 4.79 Å². The number of fused-ring (bicyclic) bond motifs is 1. The number of rotatable bonds is 9. The summed E-state index contributed by atoms with van der Waals surface area (Å²) in [7, 11) is 0. The summed E-state index contributed by atoms with van der Waals surface area (Å²) < 4.78 is 0. The largest absolute Gasteiger partial charge is 0.396 e. The van der Waals surface area contributed by atoms with Crippen molar-refractivity contribution in [1.82, 2.24) is 0 Å². The Kier molecular flexibility index (Phi) is 8.16. The normalized spacial score (nSPS) is 41.2. The van der Waals surface area contributed by atoms with Crippen LogP contribution in [0.15, 0.2) is 24.3 Å². The van der Waals surface area contributed by atoms with Crippen LogP contribution in [0.3, 0.4) is 0 Å². The molecular formula is C29H48O6. The van der Waals surface area contributed by atoms with Gasteiger partial charge in [0.15, 0.2) is 5.78 Å². The Hall–Kier alpha value is -1.05.